The van der Waals surface area contributed by atoms with Gasteiger partial charge in [0, 0.05) is 6.04 Å². The van der Waals surface area contributed by atoms with Crippen LogP contribution in [0.25, 0.3) is 0 Å². The molecular weight excluding hydrogens is 182 g/mol. The van der Waals surface area contributed by atoms with Crippen LogP contribution in [0.15, 0.2) is 0 Å². The first-order chi connectivity index (χ1) is 7.27. The Morgan fingerprint density at radius 3 is 2.47 bits per heavy atom. The van der Waals surface area contributed by atoms with Gasteiger partial charge in [0.1, 0.15) is 0 Å². The lowest BCUT2D eigenvalue weighted by molar-refractivity contribution is 0.205. The van der Waals surface area contributed by atoms with Gasteiger partial charge in [0.15, 0.2) is 0 Å². The van der Waals surface area contributed by atoms with Gasteiger partial charge in [-0.15, -0.1) is 0 Å². The van der Waals surface area contributed by atoms with Gasteiger partial charge in [0.25, 0.3) is 0 Å². The fourth-order valence-electron chi connectivity index (χ4n) is 3.09. The van der Waals surface area contributed by atoms with E-state index in [-0.39, 0.29) is 0 Å². The molecule has 1 nitrogen and oxygen atoms in total. The molecule has 0 radical (unpaired) electrons. The second kappa shape index (κ2) is 5.34. The van der Waals surface area contributed by atoms with Gasteiger partial charge in [-0.2, -0.15) is 0 Å². The lowest BCUT2D eigenvalue weighted by Gasteiger charge is -2.35. The molecule has 0 heterocycles. The molecule has 2 aliphatic carbocycles. The van der Waals surface area contributed by atoms with E-state index >= 15 is 0 Å². The van der Waals surface area contributed by atoms with Crippen molar-refractivity contribution in [1.82, 2.24) is 5.32 Å². The largest absolute Gasteiger partial charge is 0.314 e. The Kier molecular flexibility index (Phi) is 4.07. The summed E-state index contributed by atoms with van der Waals surface area (Å²) >= 11 is 0. The van der Waals surface area contributed by atoms with Crippen LogP contribution in [0.5, 0.6) is 0 Å². The summed E-state index contributed by atoms with van der Waals surface area (Å²) in [5, 5.41) is 3.82. The average molecular weight is 209 g/mol. The fourth-order valence-corrected chi connectivity index (χ4v) is 3.09. The monoisotopic (exact) mass is 209 g/mol. The molecule has 2 saturated carbocycles. The van der Waals surface area contributed by atoms with Crippen molar-refractivity contribution in [2.75, 3.05) is 6.54 Å². The molecule has 1 N–H and O–H groups in total. The van der Waals surface area contributed by atoms with Gasteiger partial charge in [0.2, 0.25) is 0 Å². The zero-order valence-electron chi connectivity index (χ0n) is 10.5. The highest BCUT2D eigenvalue weighted by atomic mass is 14.9. The summed E-state index contributed by atoms with van der Waals surface area (Å²) in [6.07, 6.45) is 10.2. The van der Waals surface area contributed by atoms with Crippen molar-refractivity contribution >= 4 is 0 Å². The Labute approximate surface area is 95.0 Å². The summed E-state index contributed by atoms with van der Waals surface area (Å²) < 4.78 is 0. The van der Waals surface area contributed by atoms with Gasteiger partial charge < -0.3 is 5.32 Å². The third-order valence-electron chi connectivity index (χ3n) is 4.33. The molecule has 88 valence electrons. The summed E-state index contributed by atoms with van der Waals surface area (Å²) in [4.78, 5) is 0. The molecule has 0 aromatic carbocycles. The van der Waals surface area contributed by atoms with Crippen LogP contribution in [-0.2, 0) is 0 Å². The summed E-state index contributed by atoms with van der Waals surface area (Å²) in [6.45, 7) is 6.07. The minimum Gasteiger partial charge on any atom is -0.314 e. The number of hydrogen-bond donors (Lipinski definition) is 1. The molecule has 0 aromatic heterocycles. The topological polar surface area (TPSA) is 12.0 Å². The molecule has 0 aliphatic heterocycles. The molecule has 2 unspecified atom stereocenters. The Hall–Kier alpha value is -0.0400. The van der Waals surface area contributed by atoms with Crippen LogP contribution in [-0.4, -0.2) is 12.6 Å². The van der Waals surface area contributed by atoms with Gasteiger partial charge in [-0.25, -0.2) is 0 Å². The number of rotatable bonds is 5. The van der Waals surface area contributed by atoms with Crippen molar-refractivity contribution in [3.63, 3.8) is 0 Å². The number of hydrogen-bond acceptors (Lipinski definition) is 1. The van der Waals surface area contributed by atoms with Crippen LogP contribution in [0.4, 0.5) is 0 Å². The summed E-state index contributed by atoms with van der Waals surface area (Å²) in [5.74, 6) is 2.89. The van der Waals surface area contributed by atoms with Crippen molar-refractivity contribution in [2.24, 2.45) is 17.8 Å². The van der Waals surface area contributed by atoms with Gasteiger partial charge in [-0.1, -0.05) is 39.5 Å². The molecule has 2 rings (SSSR count). The Morgan fingerprint density at radius 1 is 1.07 bits per heavy atom. The van der Waals surface area contributed by atoms with Gasteiger partial charge in [0.05, 0.1) is 0 Å². The Morgan fingerprint density at radius 2 is 1.80 bits per heavy atom. The van der Waals surface area contributed by atoms with Crippen LogP contribution >= 0.6 is 0 Å². The van der Waals surface area contributed by atoms with Crippen molar-refractivity contribution in [2.45, 2.75) is 64.8 Å². The SMILES string of the molecule is CC(C)C1CCCCC1NCCC1CC1. The second-order valence-corrected chi connectivity index (χ2v) is 5.98. The van der Waals surface area contributed by atoms with E-state index in [1.165, 1.54) is 51.5 Å². The predicted octanol–water partition coefficient (Wildman–Crippen LogP) is 3.59. The first kappa shape index (κ1) is 11.4. The molecule has 0 aromatic rings. The minimum atomic E-state index is 0.831. The molecule has 1 heteroatoms. The van der Waals surface area contributed by atoms with Crippen molar-refractivity contribution < 1.29 is 0 Å². The van der Waals surface area contributed by atoms with Crippen molar-refractivity contribution in [3.8, 4) is 0 Å². The van der Waals surface area contributed by atoms with E-state index in [0.29, 0.717) is 0 Å². The normalized spacial score (nSPS) is 32.2. The maximum absolute atomic E-state index is 3.82. The zero-order chi connectivity index (χ0) is 10.7. The highest BCUT2D eigenvalue weighted by Crippen LogP contribution is 2.33. The standard InChI is InChI=1S/C14H27N/c1-11(2)13-5-3-4-6-14(13)15-10-9-12-7-8-12/h11-15H,3-10H2,1-2H3. The quantitative estimate of drug-likeness (QED) is 0.729. The molecule has 0 amide bonds. The highest BCUT2D eigenvalue weighted by molar-refractivity contribution is 4.83. The third kappa shape index (κ3) is 3.48. The van der Waals surface area contributed by atoms with E-state index in [1.54, 1.807) is 0 Å². The molecular formula is C14H27N. The molecule has 2 aliphatic rings. The van der Waals surface area contributed by atoms with Gasteiger partial charge in [-0.05, 0) is 43.6 Å². The number of nitrogens with one attached hydrogen (secondary N) is 1. The first-order valence-electron chi connectivity index (χ1n) is 7.00. The lowest BCUT2D eigenvalue weighted by atomic mass is 9.78. The maximum Gasteiger partial charge on any atom is 0.00977 e. The molecule has 0 saturated heterocycles. The summed E-state index contributed by atoms with van der Waals surface area (Å²) in [6, 6.07) is 0.831. The van der Waals surface area contributed by atoms with Crippen LogP contribution in [0.2, 0.25) is 0 Å². The molecule has 0 spiro atoms. The average Bonchev–Trinajstić information content (AvgIpc) is 3.02. The maximum atomic E-state index is 3.82. The van der Waals surface area contributed by atoms with Crippen LogP contribution < -0.4 is 5.32 Å². The van der Waals surface area contributed by atoms with E-state index in [4.69, 9.17) is 0 Å². The van der Waals surface area contributed by atoms with E-state index < -0.39 is 0 Å². The predicted molar refractivity (Wildman–Crippen MR) is 65.9 cm³/mol. The Bertz CT molecular complexity index is 184. The highest BCUT2D eigenvalue weighted by Gasteiger charge is 2.27. The fraction of sp³-hybridized carbons (Fsp3) is 1.00. The van der Waals surface area contributed by atoms with E-state index in [1.807, 2.05) is 0 Å². The van der Waals surface area contributed by atoms with Crippen molar-refractivity contribution in [1.29, 1.82) is 0 Å². The molecule has 0 bridgehead atoms. The lowest BCUT2D eigenvalue weighted by Crippen LogP contribution is -2.41. The molecule has 15 heavy (non-hydrogen) atoms. The van der Waals surface area contributed by atoms with E-state index in [2.05, 4.69) is 19.2 Å². The van der Waals surface area contributed by atoms with Crippen molar-refractivity contribution in [3.05, 3.63) is 0 Å². The smallest absolute Gasteiger partial charge is 0.00977 e. The van der Waals surface area contributed by atoms with Gasteiger partial charge >= 0.3 is 0 Å². The zero-order valence-corrected chi connectivity index (χ0v) is 10.5. The summed E-state index contributed by atoms with van der Waals surface area (Å²) in [5.41, 5.74) is 0. The molecule has 2 fully saturated rings. The summed E-state index contributed by atoms with van der Waals surface area (Å²) in [7, 11) is 0. The van der Waals surface area contributed by atoms with E-state index in [0.717, 1.165) is 23.8 Å². The Balaban J connectivity index is 1.71. The van der Waals surface area contributed by atoms with Crippen LogP contribution in [0, 0.1) is 17.8 Å². The molecule has 2 atom stereocenters. The van der Waals surface area contributed by atoms with Crippen LogP contribution in [0.1, 0.15) is 58.8 Å². The second-order valence-electron chi connectivity index (χ2n) is 5.98. The van der Waals surface area contributed by atoms with Crippen LogP contribution in [0.3, 0.4) is 0 Å². The third-order valence-corrected chi connectivity index (χ3v) is 4.33. The minimum absolute atomic E-state index is 0.831. The van der Waals surface area contributed by atoms with Gasteiger partial charge in [-0.3, -0.25) is 0 Å². The van der Waals surface area contributed by atoms with E-state index in [9.17, 15) is 0 Å². The first-order valence-corrected chi connectivity index (χ1v) is 7.00.